The second kappa shape index (κ2) is 5.70. The summed E-state index contributed by atoms with van der Waals surface area (Å²) in [5.74, 6) is 0.658. The third-order valence-corrected chi connectivity index (χ3v) is 3.46. The van der Waals surface area contributed by atoms with Gasteiger partial charge in [-0.15, -0.1) is 0 Å². The number of hydrogen-bond acceptors (Lipinski definition) is 3. The molecule has 0 fully saturated rings. The number of carbonyl (C=O) groups excluding carboxylic acids is 1. The molecule has 0 unspecified atom stereocenters. The van der Waals surface area contributed by atoms with Crippen molar-refractivity contribution in [3.8, 4) is 5.75 Å². The Bertz CT molecular complexity index is 526. The van der Waals surface area contributed by atoms with E-state index in [-0.39, 0.29) is 6.09 Å². The van der Waals surface area contributed by atoms with Gasteiger partial charge in [-0.3, -0.25) is 0 Å². The predicted octanol–water partition coefficient (Wildman–Crippen LogP) is 4.12. The van der Waals surface area contributed by atoms with Crippen molar-refractivity contribution >= 4 is 29.3 Å². The molecule has 0 bridgehead atoms. The van der Waals surface area contributed by atoms with Crippen molar-refractivity contribution in [1.29, 1.82) is 0 Å². The molecule has 20 heavy (non-hydrogen) atoms. The smallest absolute Gasteiger partial charge is 0.410 e. The van der Waals surface area contributed by atoms with Gasteiger partial charge in [0.15, 0.2) is 0 Å². The van der Waals surface area contributed by atoms with Crippen LogP contribution >= 0.6 is 23.2 Å². The number of amides is 1. The largest absolute Gasteiger partial charge is 0.491 e. The molecule has 4 nitrogen and oxygen atoms in total. The van der Waals surface area contributed by atoms with E-state index in [0.717, 1.165) is 5.56 Å². The zero-order valence-electron chi connectivity index (χ0n) is 11.7. The molecule has 0 aliphatic carbocycles. The van der Waals surface area contributed by atoms with Gasteiger partial charge in [0.1, 0.15) is 18.0 Å². The molecule has 1 aromatic carbocycles. The summed E-state index contributed by atoms with van der Waals surface area (Å²) in [6.07, 6.45) is -0.361. The summed E-state index contributed by atoms with van der Waals surface area (Å²) < 4.78 is 11.0. The fourth-order valence-electron chi connectivity index (χ4n) is 1.86. The van der Waals surface area contributed by atoms with Gasteiger partial charge in [0.25, 0.3) is 0 Å². The lowest BCUT2D eigenvalue weighted by atomic mass is 10.2. The summed E-state index contributed by atoms with van der Waals surface area (Å²) in [5.41, 5.74) is 0.299. The van der Waals surface area contributed by atoms with E-state index in [1.54, 1.807) is 17.0 Å². The molecular formula is C14H17Cl2NO3. The van der Waals surface area contributed by atoms with Gasteiger partial charge >= 0.3 is 6.09 Å². The lowest BCUT2D eigenvalue weighted by molar-refractivity contribution is 0.0225. The van der Waals surface area contributed by atoms with E-state index in [9.17, 15) is 4.79 Å². The molecule has 0 spiro atoms. The molecule has 1 aliphatic heterocycles. The van der Waals surface area contributed by atoms with Gasteiger partial charge in [-0.05, 0) is 26.8 Å². The summed E-state index contributed by atoms with van der Waals surface area (Å²) in [6.45, 7) is 6.75. The van der Waals surface area contributed by atoms with Gasteiger partial charge < -0.3 is 14.4 Å². The third-order valence-electron chi connectivity index (χ3n) is 2.74. The SMILES string of the molecule is CC(C)(C)OC(=O)N1CCOc2cc(Cl)c(Cl)cc2C1. The van der Waals surface area contributed by atoms with Crippen molar-refractivity contribution in [2.45, 2.75) is 32.9 Å². The van der Waals surface area contributed by atoms with Crippen LogP contribution < -0.4 is 4.74 Å². The molecule has 0 N–H and O–H groups in total. The Morgan fingerprint density at radius 3 is 2.60 bits per heavy atom. The maximum atomic E-state index is 12.1. The molecule has 1 aliphatic rings. The fourth-order valence-corrected chi connectivity index (χ4v) is 2.20. The van der Waals surface area contributed by atoms with Gasteiger partial charge in [-0.1, -0.05) is 23.2 Å². The number of nitrogens with zero attached hydrogens (tertiary/aromatic N) is 1. The average Bonchev–Trinajstić information content (AvgIpc) is 2.50. The Hall–Kier alpha value is -1.13. The first-order valence-corrected chi connectivity index (χ1v) is 7.10. The van der Waals surface area contributed by atoms with Crippen molar-refractivity contribution < 1.29 is 14.3 Å². The van der Waals surface area contributed by atoms with Crippen LogP contribution in [0.15, 0.2) is 12.1 Å². The molecule has 1 amide bonds. The second-order valence-corrected chi connectivity index (χ2v) is 6.44. The van der Waals surface area contributed by atoms with Crippen molar-refractivity contribution in [3.63, 3.8) is 0 Å². The zero-order valence-corrected chi connectivity index (χ0v) is 13.2. The molecule has 2 rings (SSSR count). The molecule has 6 heteroatoms. The van der Waals surface area contributed by atoms with Crippen molar-refractivity contribution in [2.24, 2.45) is 0 Å². The lowest BCUT2D eigenvalue weighted by Crippen LogP contribution is -2.37. The monoisotopic (exact) mass is 317 g/mol. The molecule has 1 aromatic rings. The van der Waals surface area contributed by atoms with E-state index in [0.29, 0.717) is 35.5 Å². The van der Waals surface area contributed by atoms with Crippen LogP contribution in [0.25, 0.3) is 0 Å². The van der Waals surface area contributed by atoms with E-state index in [4.69, 9.17) is 32.7 Å². The molecule has 0 saturated heterocycles. The topological polar surface area (TPSA) is 38.8 Å². The summed E-state index contributed by atoms with van der Waals surface area (Å²) in [5, 5.41) is 0.885. The van der Waals surface area contributed by atoms with Crippen LogP contribution in [0.1, 0.15) is 26.3 Å². The average molecular weight is 318 g/mol. The van der Waals surface area contributed by atoms with Gasteiger partial charge in [-0.2, -0.15) is 0 Å². The Morgan fingerprint density at radius 1 is 1.30 bits per heavy atom. The maximum Gasteiger partial charge on any atom is 0.410 e. The van der Waals surface area contributed by atoms with E-state index in [1.807, 2.05) is 20.8 Å². The van der Waals surface area contributed by atoms with Crippen LogP contribution in [0.4, 0.5) is 4.79 Å². The number of ether oxygens (including phenoxy) is 2. The first-order valence-electron chi connectivity index (χ1n) is 6.35. The van der Waals surface area contributed by atoms with E-state index in [1.165, 1.54) is 0 Å². The highest BCUT2D eigenvalue weighted by Crippen LogP contribution is 2.32. The quantitative estimate of drug-likeness (QED) is 0.722. The van der Waals surface area contributed by atoms with Crippen molar-refractivity contribution in [2.75, 3.05) is 13.2 Å². The van der Waals surface area contributed by atoms with E-state index < -0.39 is 5.60 Å². The molecular weight excluding hydrogens is 301 g/mol. The minimum Gasteiger partial charge on any atom is -0.491 e. The van der Waals surface area contributed by atoms with Crippen LogP contribution in [0.5, 0.6) is 5.75 Å². The summed E-state index contributed by atoms with van der Waals surface area (Å²) >= 11 is 12.0. The summed E-state index contributed by atoms with van der Waals surface area (Å²) in [7, 11) is 0. The first-order chi connectivity index (χ1) is 9.26. The summed E-state index contributed by atoms with van der Waals surface area (Å²) in [6, 6.07) is 3.40. The van der Waals surface area contributed by atoms with Crippen LogP contribution in [0.2, 0.25) is 10.0 Å². The van der Waals surface area contributed by atoms with Crippen LogP contribution in [0, 0.1) is 0 Å². The van der Waals surface area contributed by atoms with E-state index >= 15 is 0 Å². The van der Waals surface area contributed by atoms with Gasteiger partial charge in [0.2, 0.25) is 0 Å². The molecule has 110 valence electrons. The third kappa shape index (κ3) is 3.70. The number of rotatable bonds is 0. The standard InChI is InChI=1S/C14H17Cl2NO3/c1-14(2,3)20-13(18)17-4-5-19-12-7-11(16)10(15)6-9(12)8-17/h6-7H,4-5,8H2,1-3H3. The lowest BCUT2D eigenvalue weighted by Gasteiger charge is -2.26. The maximum absolute atomic E-state index is 12.1. The van der Waals surface area contributed by atoms with Gasteiger partial charge in [-0.25, -0.2) is 4.79 Å². The molecule has 1 heterocycles. The van der Waals surface area contributed by atoms with E-state index in [2.05, 4.69) is 0 Å². The Balaban J connectivity index is 2.19. The van der Waals surface area contributed by atoms with Crippen molar-refractivity contribution in [3.05, 3.63) is 27.7 Å². The minimum atomic E-state index is -0.523. The highest BCUT2D eigenvalue weighted by Gasteiger charge is 2.25. The Morgan fingerprint density at radius 2 is 1.95 bits per heavy atom. The predicted molar refractivity (Wildman–Crippen MR) is 78.6 cm³/mol. The highest BCUT2D eigenvalue weighted by molar-refractivity contribution is 6.42. The van der Waals surface area contributed by atoms with Crippen LogP contribution in [0.3, 0.4) is 0 Å². The number of hydrogen-bond donors (Lipinski definition) is 0. The molecule has 0 atom stereocenters. The first kappa shape index (κ1) is 15.3. The normalized spacial score (nSPS) is 15.2. The van der Waals surface area contributed by atoms with Gasteiger partial charge in [0, 0.05) is 11.6 Å². The molecule has 0 aromatic heterocycles. The van der Waals surface area contributed by atoms with Gasteiger partial charge in [0.05, 0.1) is 23.1 Å². The van der Waals surface area contributed by atoms with Crippen LogP contribution in [-0.4, -0.2) is 29.7 Å². The molecule has 0 radical (unpaired) electrons. The number of fused-ring (bicyclic) bond motifs is 1. The summed E-state index contributed by atoms with van der Waals surface area (Å²) in [4.78, 5) is 13.7. The van der Waals surface area contributed by atoms with Crippen molar-refractivity contribution in [1.82, 2.24) is 4.90 Å². The second-order valence-electron chi connectivity index (χ2n) is 5.62. The Labute approximate surface area is 128 Å². The minimum absolute atomic E-state index is 0.361. The number of benzene rings is 1. The number of halogens is 2. The molecule has 0 saturated carbocycles. The van der Waals surface area contributed by atoms with Crippen LogP contribution in [-0.2, 0) is 11.3 Å². The Kier molecular flexibility index (Phi) is 4.35. The highest BCUT2D eigenvalue weighted by atomic mass is 35.5. The fraction of sp³-hybridized carbons (Fsp3) is 0.500. The number of carbonyl (C=O) groups is 1. The zero-order chi connectivity index (χ0) is 14.9.